The van der Waals surface area contributed by atoms with Crippen LogP contribution < -0.4 is 0 Å². The summed E-state index contributed by atoms with van der Waals surface area (Å²) in [6.07, 6.45) is 4.45. The molecule has 2 fully saturated rings. The van der Waals surface area contributed by atoms with Gasteiger partial charge in [-0.2, -0.15) is 0 Å². The van der Waals surface area contributed by atoms with E-state index in [-0.39, 0.29) is 22.2 Å². The average Bonchev–Trinajstić information content (AvgIpc) is 3.18. The van der Waals surface area contributed by atoms with Crippen LogP contribution in [0.2, 0.25) is 0 Å². The number of benzene rings is 2. The summed E-state index contributed by atoms with van der Waals surface area (Å²) in [7, 11) is 0. The second-order valence-electron chi connectivity index (χ2n) is 10.3. The van der Waals surface area contributed by atoms with Gasteiger partial charge in [-0.15, -0.1) is 0 Å². The Morgan fingerprint density at radius 2 is 1.54 bits per heavy atom. The first-order chi connectivity index (χ1) is 13.3. The Balaban J connectivity index is 1.71. The second-order valence-corrected chi connectivity index (χ2v) is 10.3. The maximum absolute atomic E-state index is 12.7. The van der Waals surface area contributed by atoms with Gasteiger partial charge in [0.15, 0.2) is 0 Å². The number of rotatable bonds is 3. The third-order valence-corrected chi connectivity index (χ3v) is 9.21. The van der Waals surface area contributed by atoms with Crippen molar-refractivity contribution < 1.29 is 9.90 Å². The molecule has 2 bridgehead atoms. The molecule has 5 rings (SSSR count). The number of aliphatic carboxylic acids is 1. The van der Waals surface area contributed by atoms with Gasteiger partial charge in [0.05, 0.1) is 5.92 Å². The molecule has 2 saturated carbocycles. The van der Waals surface area contributed by atoms with Crippen LogP contribution in [0.15, 0.2) is 54.6 Å². The Bertz CT molecular complexity index is 903. The Labute approximate surface area is 168 Å². The van der Waals surface area contributed by atoms with E-state index in [0.29, 0.717) is 5.92 Å². The van der Waals surface area contributed by atoms with Gasteiger partial charge >= 0.3 is 5.97 Å². The number of carboxylic acids is 1. The number of hydrogen-bond donors (Lipinski definition) is 1. The minimum Gasteiger partial charge on any atom is -0.481 e. The van der Waals surface area contributed by atoms with Gasteiger partial charge in [-0.1, -0.05) is 75.4 Å². The lowest BCUT2D eigenvalue weighted by Gasteiger charge is -2.48. The van der Waals surface area contributed by atoms with E-state index < -0.39 is 11.9 Å². The van der Waals surface area contributed by atoms with Crippen LogP contribution in [0.25, 0.3) is 0 Å². The molecule has 0 aromatic heterocycles. The number of hydrogen-bond acceptors (Lipinski definition) is 1. The molecule has 0 aliphatic heterocycles. The molecule has 3 aliphatic rings. The summed E-state index contributed by atoms with van der Waals surface area (Å²) in [6, 6.07) is 18.8. The molecule has 3 aliphatic carbocycles. The lowest BCUT2D eigenvalue weighted by molar-refractivity contribution is -0.144. The predicted octanol–water partition coefficient (Wildman–Crippen LogP) is 5.71. The van der Waals surface area contributed by atoms with Crippen molar-refractivity contribution >= 4 is 5.97 Å². The monoisotopic (exact) mass is 374 g/mol. The fourth-order valence-corrected chi connectivity index (χ4v) is 7.92. The lowest BCUT2D eigenvalue weighted by atomic mass is 9.55. The van der Waals surface area contributed by atoms with E-state index in [2.05, 4.69) is 45.0 Å². The van der Waals surface area contributed by atoms with Crippen molar-refractivity contribution in [2.24, 2.45) is 28.1 Å². The highest BCUT2D eigenvalue weighted by molar-refractivity contribution is 5.77. The van der Waals surface area contributed by atoms with Gasteiger partial charge in [0.25, 0.3) is 0 Å². The number of carbonyl (C=O) groups is 1. The smallest absolute Gasteiger partial charge is 0.311 e. The topological polar surface area (TPSA) is 37.3 Å². The van der Waals surface area contributed by atoms with E-state index in [0.717, 1.165) is 24.8 Å². The van der Waals surface area contributed by atoms with Crippen molar-refractivity contribution in [1.29, 1.82) is 0 Å². The van der Waals surface area contributed by atoms with Crippen LogP contribution in [0.1, 0.15) is 56.2 Å². The number of carboxylic acid groups (broad SMARTS) is 1. The van der Waals surface area contributed by atoms with Gasteiger partial charge in [0.2, 0.25) is 0 Å². The molecule has 1 spiro atoms. The zero-order valence-corrected chi connectivity index (χ0v) is 17.1. The fourth-order valence-electron chi connectivity index (χ4n) is 7.92. The normalized spacial score (nSPS) is 32.4. The largest absolute Gasteiger partial charge is 0.481 e. The van der Waals surface area contributed by atoms with Gasteiger partial charge in [-0.05, 0) is 70.5 Å². The van der Waals surface area contributed by atoms with Crippen LogP contribution in [0.5, 0.6) is 0 Å². The van der Waals surface area contributed by atoms with Crippen molar-refractivity contribution in [2.75, 3.05) is 0 Å². The molecule has 0 heterocycles. The summed E-state index contributed by atoms with van der Waals surface area (Å²) >= 11 is 0. The molecule has 4 atom stereocenters. The molecular formula is C26H30O2. The van der Waals surface area contributed by atoms with E-state index in [4.69, 9.17) is 0 Å². The van der Waals surface area contributed by atoms with E-state index in [1.807, 2.05) is 30.3 Å². The molecule has 4 unspecified atom stereocenters. The SMILES string of the molecule is CC1(C)C2CCC1(C)C(C(C(=O)O)c1ccccc1)C21Cc2ccccc2C1. The minimum absolute atomic E-state index is 0.0403. The quantitative estimate of drug-likeness (QED) is 0.747. The van der Waals surface area contributed by atoms with Crippen molar-refractivity contribution in [2.45, 2.75) is 52.4 Å². The molecule has 28 heavy (non-hydrogen) atoms. The Kier molecular flexibility index (Phi) is 3.67. The molecule has 146 valence electrons. The predicted molar refractivity (Wildman–Crippen MR) is 111 cm³/mol. The summed E-state index contributed by atoms with van der Waals surface area (Å²) in [5.41, 5.74) is 4.10. The summed E-state index contributed by atoms with van der Waals surface area (Å²) in [4.78, 5) is 12.7. The summed E-state index contributed by atoms with van der Waals surface area (Å²) < 4.78 is 0. The van der Waals surface area contributed by atoms with Crippen LogP contribution >= 0.6 is 0 Å². The first-order valence-corrected chi connectivity index (χ1v) is 10.7. The molecule has 0 radical (unpaired) electrons. The standard InChI is InChI=1S/C26H30O2/c1-24(2)20-13-14-25(24,3)22(21(23(27)28)17-9-5-4-6-10-17)26(20)15-18-11-7-8-12-19(18)16-26/h4-12,20-22H,13-16H2,1-3H3,(H,27,28). The zero-order chi connectivity index (χ0) is 19.7. The number of fused-ring (bicyclic) bond motifs is 4. The van der Waals surface area contributed by atoms with Crippen LogP contribution in [0.3, 0.4) is 0 Å². The van der Waals surface area contributed by atoms with E-state index in [1.54, 1.807) is 0 Å². The lowest BCUT2D eigenvalue weighted by Crippen LogP contribution is -2.46. The van der Waals surface area contributed by atoms with Crippen LogP contribution in [-0.2, 0) is 17.6 Å². The molecular weight excluding hydrogens is 344 g/mol. The third-order valence-electron chi connectivity index (χ3n) is 9.21. The minimum atomic E-state index is -0.656. The molecule has 0 saturated heterocycles. The van der Waals surface area contributed by atoms with Crippen LogP contribution in [0, 0.1) is 28.1 Å². The highest BCUT2D eigenvalue weighted by Crippen LogP contribution is 2.79. The highest BCUT2D eigenvalue weighted by Gasteiger charge is 2.74. The van der Waals surface area contributed by atoms with Gasteiger partial charge in [0.1, 0.15) is 0 Å². The molecule has 2 heteroatoms. The van der Waals surface area contributed by atoms with Crippen molar-refractivity contribution in [3.05, 3.63) is 71.3 Å². The summed E-state index contributed by atoms with van der Waals surface area (Å²) in [5, 5.41) is 10.5. The van der Waals surface area contributed by atoms with E-state index in [1.165, 1.54) is 17.5 Å². The second kappa shape index (κ2) is 5.72. The molecule has 0 amide bonds. The van der Waals surface area contributed by atoms with Crippen molar-refractivity contribution in [1.82, 2.24) is 0 Å². The fraction of sp³-hybridized carbons (Fsp3) is 0.500. The maximum Gasteiger partial charge on any atom is 0.311 e. The van der Waals surface area contributed by atoms with Crippen molar-refractivity contribution in [3.63, 3.8) is 0 Å². The van der Waals surface area contributed by atoms with E-state index in [9.17, 15) is 9.90 Å². The van der Waals surface area contributed by atoms with Crippen molar-refractivity contribution in [3.8, 4) is 0 Å². The molecule has 2 aromatic rings. The highest BCUT2D eigenvalue weighted by atomic mass is 16.4. The van der Waals surface area contributed by atoms with Gasteiger partial charge in [0, 0.05) is 0 Å². The molecule has 2 aromatic carbocycles. The first kappa shape index (κ1) is 18.0. The van der Waals surface area contributed by atoms with Gasteiger partial charge in [-0.25, -0.2) is 0 Å². The Morgan fingerprint density at radius 3 is 2.11 bits per heavy atom. The van der Waals surface area contributed by atoms with Gasteiger partial charge < -0.3 is 5.11 Å². The first-order valence-electron chi connectivity index (χ1n) is 10.7. The summed E-state index contributed by atoms with van der Waals surface area (Å²) in [5.74, 6) is -0.366. The molecule has 1 N–H and O–H groups in total. The Morgan fingerprint density at radius 1 is 0.964 bits per heavy atom. The van der Waals surface area contributed by atoms with E-state index >= 15 is 0 Å². The zero-order valence-electron chi connectivity index (χ0n) is 17.1. The van der Waals surface area contributed by atoms with Crippen LogP contribution in [-0.4, -0.2) is 11.1 Å². The third kappa shape index (κ3) is 2.07. The average molecular weight is 375 g/mol. The summed E-state index contributed by atoms with van der Waals surface area (Å²) in [6.45, 7) is 7.23. The molecule has 2 nitrogen and oxygen atoms in total. The van der Waals surface area contributed by atoms with Crippen LogP contribution in [0.4, 0.5) is 0 Å². The Hall–Kier alpha value is -2.09. The maximum atomic E-state index is 12.7. The van der Waals surface area contributed by atoms with Gasteiger partial charge in [-0.3, -0.25) is 4.79 Å².